The van der Waals surface area contributed by atoms with Gasteiger partial charge in [0.15, 0.2) is 0 Å². The second-order valence-electron chi connectivity index (χ2n) is 6.12. The van der Waals surface area contributed by atoms with Gasteiger partial charge >= 0.3 is 0 Å². The quantitative estimate of drug-likeness (QED) is 0.732. The molecule has 4 rings (SSSR count). The van der Waals surface area contributed by atoms with Crippen LogP contribution in [0.1, 0.15) is 0 Å². The predicted octanol–water partition coefficient (Wildman–Crippen LogP) is 1.86. The molecule has 122 valence electrons. The first-order chi connectivity index (χ1) is 11.6. The van der Waals surface area contributed by atoms with Crippen molar-refractivity contribution in [3.63, 3.8) is 0 Å². The lowest BCUT2D eigenvalue weighted by atomic mass is 10.1. The lowest BCUT2D eigenvalue weighted by Crippen LogP contribution is -2.48. The summed E-state index contributed by atoms with van der Waals surface area (Å²) in [6.45, 7) is 1.99. The third-order valence-corrected chi connectivity index (χ3v) is 4.50. The van der Waals surface area contributed by atoms with Crippen molar-refractivity contribution in [1.82, 2.24) is 14.3 Å². The van der Waals surface area contributed by atoms with E-state index in [0.29, 0.717) is 6.54 Å². The minimum atomic E-state index is 0.143. The molecule has 2 aromatic heterocycles. The molecule has 6 nitrogen and oxygen atoms in total. The minimum absolute atomic E-state index is 0.143. The highest BCUT2D eigenvalue weighted by molar-refractivity contribution is 5.83. The summed E-state index contributed by atoms with van der Waals surface area (Å²) in [5, 5.41) is 0. The SMILES string of the molecule is CN1CCN(c2ccn3c(-c4cccc(N)c4)cnc3c2)CC1=O. The Balaban J connectivity index is 1.69. The highest BCUT2D eigenvalue weighted by atomic mass is 16.2. The molecule has 6 heteroatoms. The van der Waals surface area contributed by atoms with Crippen molar-refractivity contribution < 1.29 is 4.79 Å². The summed E-state index contributed by atoms with van der Waals surface area (Å²) >= 11 is 0. The number of nitrogen functional groups attached to an aromatic ring is 1. The number of hydrogen-bond acceptors (Lipinski definition) is 4. The van der Waals surface area contributed by atoms with Gasteiger partial charge in [0.1, 0.15) is 5.65 Å². The Morgan fingerprint density at radius 3 is 2.83 bits per heavy atom. The molecule has 0 spiro atoms. The van der Waals surface area contributed by atoms with E-state index in [4.69, 9.17) is 5.73 Å². The van der Waals surface area contributed by atoms with Crippen LogP contribution in [0.25, 0.3) is 16.9 Å². The van der Waals surface area contributed by atoms with Crippen LogP contribution in [0, 0.1) is 0 Å². The number of benzene rings is 1. The Morgan fingerprint density at radius 1 is 1.17 bits per heavy atom. The molecule has 0 aliphatic carbocycles. The standard InChI is InChI=1S/C18H19N5O/c1-21-7-8-22(12-18(21)24)15-5-6-23-16(11-20-17(23)10-15)13-3-2-4-14(19)9-13/h2-6,9-11H,7-8,12,19H2,1H3. The van der Waals surface area contributed by atoms with Crippen LogP contribution in [0.2, 0.25) is 0 Å². The van der Waals surface area contributed by atoms with E-state index in [1.807, 2.05) is 60.2 Å². The maximum atomic E-state index is 11.9. The number of amides is 1. The monoisotopic (exact) mass is 321 g/mol. The van der Waals surface area contributed by atoms with E-state index >= 15 is 0 Å². The number of nitrogens with zero attached hydrogens (tertiary/aromatic N) is 4. The molecule has 0 saturated carbocycles. The van der Waals surface area contributed by atoms with E-state index in [-0.39, 0.29) is 5.91 Å². The van der Waals surface area contributed by atoms with E-state index in [1.165, 1.54) is 0 Å². The number of aromatic nitrogens is 2. The molecular weight excluding hydrogens is 302 g/mol. The maximum absolute atomic E-state index is 11.9. The zero-order valence-corrected chi connectivity index (χ0v) is 13.5. The van der Waals surface area contributed by atoms with Gasteiger partial charge in [-0.1, -0.05) is 12.1 Å². The van der Waals surface area contributed by atoms with Crippen molar-refractivity contribution in [3.05, 3.63) is 48.8 Å². The van der Waals surface area contributed by atoms with Gasteiger partial charge in [-0.05, 0) is 18.2 Å². The number of anilines is 2. The van der Waals surface area contributed by atoms with Crippen LogP contribution in [0.3, 0.4) is 0 Å². The molecule has 3 heterocycles. The van der Waals surface area contributed by atoms with Gasteiger partial charge in [0.25, 0.3) is 0 Å². The molecule has 1 amide bonds. The zero-order chi connectivity index (χ0) is 16.7. The first kappa shape index (κ1) is 14.6. The molecule has 1 saturated heterocycles. The Bertz CT molecular complexity index is 917. The number of rotatable bonds is 2. The third kappa shape index (κ3) is 2.46. The first-order valence-electron chi connectivity index (χ1n) is 7.94. The van der Waals surface area contributed by atoms with Gasteiger partial charge in [-0.25, -0.2) is 4.98 Å². The summed E-state index contributed by atoms with van der Waals surface area (Å²) in [6, 6.07) is 11.8. The average Bonchev–Trinajstić information content (AvgIpc) is 3.00. The van der Waals surface area contributed by atoms with Gasteiger partial charge in [0.05, 0.1) is 18.4 Å². The summed E-state index contributed by atoms with van der Waals surface area (Å²) in [6.07, 6.45) is 3.85. The van der Waals surface area contributed by atoms with Crippen molar-refractivity contribution in [2.75, 3.05) is 37.3 Å². The normalized spacial score (nSPS) is 15.3. The number of piperazine rings is 1. The smallest absolute Gasteiger partial charge is 0.241 e. The number of likely N-dealkylation sites (N-methyl/N-ethyl adjacent to an activating group) is 1. The number of fused-ring (bicyclic) bond motifs is 1. The summed E-state index contributed by atoms with van der Waals surface area (Å²) in [7, 11) is 1.84. The van der Waals surface area contributed by atoms with Gasteiger partial charge in [-0.3, -0.25) is 9.20 Å². The highest BCUT2D eigenvalue weighted by Crippen LogP contribution is 2.25. The van der Waals surface area contributed by atoms with E-state index in [2.05, 4.69) is 9.88 Å². The molecule has 1 aromatic carbocycles. The molecule has 1 aliphatic rings. The third-order valence-electron chi connectivity index (χ3n) is 4.50. The maximum Gasteiger partial charge on any atom is 0.241 e. The van der Waals surface area contributed by atoms with Crippen molar-refractivity contribution in [2.45, 2.75) is 0 Å². The molecule has 1 aliphatic heterocycles. The molecule has 2 N–H and O–H groups in total. The number of nitrogens with two attached hydrogens (primary N) is 1. The van der Waals surface area contributed by atoms with Gasteiger partial charge in [-0.2, -0.15) is 0 Å². The predicted molar refractivity (Wildman–Crippen MR) is 94.9 cm³/mol. The number of carbonyl (C=O) groups is 1. The van der Waals surface area contributed by atoms with Crippen molar-refractivity contribution >= 4 is 22.9 Å². The van der Waals surface area contributed by atoms with Crippen molar-refractivity contribution in [1.29, 1.82) is 0 Å². The van der Waals surface area contributed by atoms with Gasteiger partial charge in [-0.15, -0.1) is 0 Å². The van der Waals surface area contributed by atoms with Crippen LogP contribution in [-0.2, 0) is 4.79 Å². The highest BCUT2D eigenvalue weighted by Gasteiger charge is 2.21. The molecule has 0 unspecified atom stereocenters. The molecule has 24 heavy (non-hydrogen) atoms. The van der Waals surface area contributed by atoms with E-state index in [0.717, 1.165) is 41.4 Å². The largest absolute Gasteiger partial charge is 0.399 e. The second-order valence-corrected chi connectivity index (χ2v) is 6.12. The first-order valence-corrected chi connectivity index (χ1v) is 7.94. The molecule has 3 aromatic rings. The van der Waals surface area contributed by atoms with Gasteiger partial charge < -0.3 is 15.5 Å². The number of carbonyl (C=O) groups excluding carboxylic acids is 1. The van der Waals surface area contributed by atoms with Crippen LogP contribution in [0.15, 0.2) is 48.8 Å². The van der Waals surface area contributed by atoms with E-state index in [1.54, 1.807) is 4.90 Å². The summed E-state index contributed by atoms with van der Waals surface area (Å²) in [4.78, 5) is 20.3. The molecule has 1 fully saturated rings. The van der Waals surface area contributed by atoms with Crippen molar-refractivity contribution in [3.8, 4) is 11.3 Å². The van der Waals surface area contributed by atoms with Gasteiger partial charge in [0, 0.05) is 49.3 Å². The molecule has 0 atom stereocenters. The Labute approximate surface area is 140 Å². The van der Waals surface area contributed by atoms with Crippen LogP contribution in [0.5, 0.6) is 0 Å². The summed E-state index contributed by atoms with van der Waals surface area (Å²) < 4.78 is 2.04. The summed E-state index contributed by atoms with van der Waals surface area (Å²) in [5.41, 5.74) is 10.5. The molecule has 0 bridgehead atoms. The lowest BCUT2D eigenvalue weighted by Gasteiger charge is -2.33. The van der Waals surface area contributed by atoms with E-state index < -0.39 is 0 Å². The fraction of sp³-hybridized carbons (Fsp3) is 0.222. The molecular formula is C18H19N5O. The molecule has 0 radical (unpaired) electrons. The number of pyridine rings is 1. The van der Waals surface area contributed by atoms with E-state index in [9.17, 15) is 4.79 Å². The summed E-state index contributed by atoms with van der Waals surface area (Å²) in [5.74, 6) is 0.143. The fourth-order valence-electron chi connectivity index (χ4n) is 3.06. The minimum Gasteiger partial charge on any atom is -0.399 e. The van der Waals surface area contributed by atoms with Crippen molar-refractivity contribution in [2.24, 2.45) is 0 Å². The van der Waals surface area contributed by atoms with Crippen LogP contribution < -0.4 is 10.6 Å². The number of imidazole rings is 1. The lowest BCUT2D eigenvalue weighted by molar-refractivity contribution is -0.129. The average molecular weight is 321 g/mol. The van der Waals surface area contributed by atoms with Crippen LogP contribution >= 0.6 is 0 Å². The fourth-order valence-corrected chi connectivity index (χ4v) is 3.06. The Morgan fingerprint density at radius 2 is 2.04 bits per heavy atom. The van der Waals surface area contributed by atoms with Crippen LogP contribution in [-0.4, -0.2) is 46.9 Å². The second kappa shape index (κ2) is 5.56. The van der Waals surface area contributed by atoms with Crippen LogP contribution in [0.4, 0.5) is 11.4 Å². The number of hydrogen-bond donors (Lipinski definition) is 1. The van der Waals surface area contributed by atoms with Gasteiger partial charge in [0.2, 0.25) is 5.91 Å². The Kier molecular flexibility index (Phi) is 3.37. The topological polar surface area (TPSA) is 66.9 Å². The Hall–Kier alpha value is -3.02. The zero-order valence-electron chi connectivity index (χ0n) is 13.5.